The van der Waals surface area contributed by atoms with Gasteiger partial charge in [-0.05, 0) is 32.6 Å². The van der Waals surface area contributed by atoms with Gasteiger partial charge in [0.05, 0.1) is 6.61 Å². The molecule has 0 saturated carbocycles. The zero-order valence-electron chi connectivity index (χ0n) is 10.4. The smallest absolute Gasteiger partial charge is 0.323 e. The van der Waals surface area contributed by atoms with Crippen molar-refractivity contribution in [2.24, 2.45) is 0 Å². The van der Waals surface area contributed by atoms with Crippen molar-refractivity contribution in [2.45, 2.75) is 38.0 Å². The first-order valence-electron chi connectivity index (χ1n) is 5.72. The Balaban J connectivity index is 3.74. The van der Waals surface area contributed by atoms with Crippen molar-refractivity contribution in [3.05, 3.63) is 0 Å². The minimum atomic E-state index is -0.214. The van der Waals surface area contributed by atoms with E-state index in [9.17, 15) is 4.79 Å². The van der Waals surface area contributed by atoms with Gasteiger partial charge in [-0.1, -0.05) is 6.92 Å². The van der Waals surface area contributed by atoms with Gasteiger partial charge in [-0.15, -0.1) is 0 Å². The van der Waals surface area contributed by atoms with E-state index in [0.717, 1.165) is 18.6 Å². The van der Waals surface area contributed by atoms with Crippen LogP contribution in [0.1, 0.15) is 26.7 Å². The van der Waals surface area contributed by atoms with E-state index < -0.39 is 0 Å². The third-order valence-corrected chi connectivity index (χ3v) is 3.54. The molecule has 0 rings (SSSR count). The minimum absolute atomic E-state index is 0.180. The number of hydrogen-bond acceptors (Lipinski definition) is 5. The number of aliphatic hydroxyl groups is 1. The molecule has 2 unspecified atom stereocenters. The van der Waals surface area contributed by atoms with Gasteiger partial charge in [0.25, 0.3) is 0 Å². The van der Waals surface area contributed by atoms with Crippen molar-refractivity contribution in [3.63, 3.8) is 0 Å². The van der Waals surface area contributed by atoms with Gasteiger partial charge >= 0.3 is 5.97 Å². The van der Waals surface area contributed by atoms with Gasteiger partial charge < -0.3 is 15.2 Å². The molecule has 0 radical (unpaired) electrons. The van der Waals surface area contributed by atoms with Gasteiger partial charge in [0.2, 0.25) is 0 Å². The first-order valence-corrected chi connectivity index (χ1v) is 6.76. The number of thioether (sulfide) groups is 1. The molecule has 0 saturated heterocycles. The molecule has 0 spiro atoms. The maximum atomic E-state index is 11.4. The Bertz CT molecular complexity index is 190. The number of nitrogens with one attached hydrogen (secondary N) is 1. The fourth-order valence-corrected chi connectivity index (χ4v) is 2.32. The average molecular weight is 249 g/mol. The van der Waals surface area contributed by atoms with Crippen LogP contribution in [-0.4, -0.2) is 48.4 Å². The van der Waals surface area contributed by atoms with E-state index in [1.165, 1.54) is 0 Å². The summed E-state index contributed by atoms with van der Waals surface area (Å²) in [5.74, 6) is 0.714. The summed E-state index contributed by atoms with van der Waals surface area (Å²) in [6.07, 6.45) is 1.56. The second kappa shape index (κ2) is 9.93. The highest BCUT2D eigenvalue weighted by atomic mass is 32.2. The summed E-state index contributed by atoms with van der Waals surface area (Å²) in [7, 11) is 1.77. The van der Waals surface area contributed by atoms with Gasteiger partial charge in [-0.2, -0.15) is 11.8 Å². The van der Waals surface area contributed by atoms with Crippen LogP contribution in [0.5, 0.6) is 0 Å². The highest BCUT2D eigenvalue weighted by Crippen LogP contribution is 2.15. The zero-order chi connectivity index (χ0) is 12.4. The molecule has 2 atom stereocenters. The Morgan fingerprint density at radius 1 is 1.50 bits per heavy atom. The van der Waals surface area contributed by atoms with Crippen LogP contribution < -0.4 is 5.32 Å². The molecule has 0 aromatic heterocycles. The molecular formula is C11H23NO3S. The quantitative estimate of drug-likeness (QED) is 0.598. The topological polar surface area (TPSA) is 58.6 Å². The molecule has 2 N–H and O–H groups in total. The van der Waals surface area contributed by atoms with Crippen LogP contribution in [0.25, 0.3) is 0 Å². The van der Waals surface area contributed by atoms with Gasteiger partial charge in [-0.3, -0.25) is 4.79 Å². The van der Waals surface area contributed by atoms with E-state index >= 15 is 0 Å². The summed E-state index contributed by atoms with van der Waals surface area (Å²) in [6.45, 7) is 4.54. The lowest BCUT2D eigenvalue weighted by molar-refractivity contribution is -0.145. The molecule has 0 aliphatic carbocycles. The van der Waals surface area contributed by atoms with E-state index in [1.54, 1.807) is 18.8 Å². The second-order valence-electron chi connectivity index (χ2n) is 3.58. The van der Waals surface area contributed by atoms with E-state index in [4.69, 9.17) is 9.84 Å². The lowest BCUT2D eigenvalue weighted by atomic mass is 10.2. The van der Waals surface area contributed by atoms with Crippen molar-refractivity contribution in [3.8, 4) is 0 Å². The van der Waals surface area contributed by atoms with E-state index in [0.29, 0.717) is 11.9 Å². The number of likely N-dealkylation sites (N-methyl/N-ethyl adjacent to an activating group) is 1. The molecule has 0 amide bonds. The van der Waals surface area contributed by atoms with Gasteiger partial charge in [0.15, 0.2) is 0 Å². The summed E-state index contributed by atoms with van der Waals surface area (Å²) in [4.78, 5) is 11.4. The molecule has 5 heteroatoms. The molecule has 0 fully saturated rings. The largest absolute Gasteiger partial charge is 0.465 e. The summed E-state index contributed by atoms with van der Waals surface area (Å²) >= 11 is 1.77. The van der Waals surface area contributed by atoms with E-state index in [1.807, 2.05) is 6.92 Å². The highest BCUT2D eigenvalue weighted by Gasteiger charge is 2.17. The number of carbonyl (C=O) groups excluding carboxylic acids is 1. The molecule has 0 bridgehead atoms. The van der Waals surface area contributed by atoms with Crippen molar-refractivity contribution in [1.82, 2.24) is 5.32 Å². The number of rotatable bonds is 9. The lowest BCUT2D eigenvalue weighted by Crippen LogP contribution is -2.36. The standard InChI is InChI=1S/C11H23NO3S/c1-4-15-11(14)10(12-3)6-8-16-9(2)5-7-13/h9-10,12-13H,4-8H2,1-3H3. The van der Waals surface area contributed by atoms with Crippen LogP contribution in [0.2, 0.25) is 0 Å². The number of aliphatic hydroxyl groups excluding tert-OH is 1. The lowest BCUT2D eigenvalue weighted by Gasteiger charge is -2.15. The molecule has 0 aromatic carbocycles. The first-order chi connectivity index (χ1) is 7.65. The van der Waals surface area contributed by atoms with Crippen molar-refractivity contribution >= 4 is 17.7 Å². The summed E-state index contributed by atoms with van der Waals surface area (Å²) in [6, 6.07) is -0.214. The SMILES string of the molecule is CCOC(=O)C(CCSC(C)CCO)NC. The normalized spacial score (nSPS) is 14.5. The van der Waals surface area contributed by atoms with Crippen LogP contribution in [0.15, 0.2) is 0 Å². The van der Waals surface area contributed by atoms with Crippen molar-refractivity contribution in [1.29, 1.82) is 0 Å². The monoisotopic (exact) mass is 249 g/mol. The van der Waals surface area contributed by atoms with Crippen molar-refractivity contribution in [2.75, 3.05) is 26.0 Å². The fraction of sp³-hybridized carbons (Fsp3) is 0.909. The average Bonchev–Trinajstić information content (AvgIpc) is 2.25. The van der Waals surface area contributed by atoms with Crippen molar-refractivity contribution < 1.29 is 14.6 Å². The number of ether oxygens (including phenoxy) is 1. The summed E-state index contributed by atoms with van der Waals surface area (Å²) < 4.78 is 4.95. The molecule has 0 aliphatic rings. The van der Waals surface area contributed by atoms with E-state index in [-0.39, 0.29) is 18.6 Å². The number of hydrogen-bond donors (Lipinski definition) is 2. The third kappa shape index (κ3) is 7.09. The molecule has 16 heavy (non-hydrogen) atoms. The molecule has 4 nitrogen and oxygen atoms in total. The Labute approximate surface area is 102 Å². The number of esters is 1. The highest BCUT2D eigenvalue weighted by molar-refractivity contribution is 7.99. The predicted molar refractivity (Wildman–Crippen MR) is 67.7 cm³/mol. The molecule has 0 aliphatic heterocycles. The Morgan fingerprint density at radius 2 is 2.19 bits per heavy atom. The predicted octanol–water partition coefficient (Wildman–Crippen LogP) is 1.03. The zero-order valence-corrected chi connectivity index (χ0v) is 11.2. The molecular weight excluding hydrogens is 226 g/mol. The summed E-state index contributed by atoms with van der Waals surface area (Å²) in [5, 5.41) is 12.1. The van der Waals surface area contributed by atoms with Crippen LogP contribution in [0.4, 0.5) is 0 Å². The minimum Gasteiger partial charge on any atom is -0.465 e. The van der Waals surface area contributed by atoms with Crippen LogP contribution in [0, 0.1) is 0 Å². The Morgan fingerprint density at radius 3 is 2.69 bits per heavy atom. The molecule has 0 heterocycles. The Kier molecular flexibility index (Phi) is 9.77. The second-order valence-corrected chi connectivity index (χ2v) is 5.12. The maximum Gasteiger partial charge on any atom is 0.323 e. The molecule has 96 valence electrons. The van der Waals surface area contributed by atoms with Crippen LogP contribution in [-0.2, 0) is 9.53 Å². The van der Waals surface area contributed by atoms with Gasteiger partial charge in [0.1, 0.15) is 6.04 Å². The Hall–Kier alpha value is -0.260. The molecule has 0 aromatic rings. The fourth-order valence-electron chi connectivity index (χ4n) is 1.28. The van der Waals surface area contributed by atoms with Gasteiger partial charge in [0, 0.05) is 11.9 Å². The first kappa shape index (κ1) is 15.7. The van der Waals surface area contributed by atoms with Crippen LogP contribution >= 0.6 is 11.8 Å². The third-order valence-electron chi connectivity index (χ3n) is 2.26. The summed E-state index contributed by atoms with van der Waals surface area (Å²) in [5.41, 5.74) is 0. The van der Waals surface area contributed by atoms with E-state index in [2.05, 4.69) is 12.2 Å². The maximum absolute atomic E-state index is 11.4. The number of carbonyl (C=O) groups is 1. The van der Waals surface area contributed by atoms with Crippen LogP contribution in [0.3, 0.4) is 0 Å². The van der Waals surface area contributed by atoms with Gasteiger partial charge in [-0.25, -0.2) is 0 Å².